The van der Waals surface area contributed by atoms with Gasteiger partial charge in [0.15, 0.2) is 0 Å². The van der Waals surface area contributed by atoms with Crippen LogP contribution < -0.4 is 4.72 Å². The van der Waals surface area contributed by atoms with Crippen molar-refractivity contribution in [2.45, 2.75) is 11.4 Å². The molecule has 2 rings (SSSR count). The van der Waals surface area contributed by atoms with Crippen molar-refractivity contribution in [3.8, 4) is 0 Å². The number of rotatable bonds is 5. The highest BCUT2D eigenvalue weighted by atomic mass is 35.5. The maximum atomic E-state index is 12.1. The quantitative estimate of drug-likeness (QED) is 0.884. The maximum absolute atomic E-state index is 12.1. The summed E-state index contributed by atoms with van der Waals surface area (Å²) in [7, 11) is -3.78. The molecule has 0 spiro atoms. The van der Waals surface area contributed by atoms with Crippen LogP contribution in [-0.2, 0) is 16.6 Å². The Morgan fingerprint density at radius 3 is 2.52 bits per heavy atom. The van der Waals surface area contributed by atoms with Gasteiger partial charge in [-0.25, -0.2) is 17.9 Å². The number of carboxylic acids is 1. The number of sulfonamides is 1. The van der Waals surface area contributed by atoms with Gasteiger partial charge in [-0.15, -0.1) is 0 Å². The smallest absolute Gasteiger partial charge is 0.335 e. The van der Waals surface area contributed by atoms with E-state index in [2.05, 4.69) is 4.72 Å². The Balaban J connectivity index is 2.19. The van der Waals surface area contributed by atoms with Crippen LogP contribution in [0.1, 0.15) is 15.9 Å². The Morgan fingerprint density at radius 2 is 1.86 bits per heavy atom. The number of benzene rings is 2. The molecule has 2 aromatic rings. The lowest BCUT2D eigenvalue weighted by Crippen LogP contribution is -2.23. The molecule has 2 N–H and O–H groups in total. The predicted molar refractivity (Wildman–Crippen MR) is 78.9 cm³/mol. The van der Waals surface area contributed by atoms with E-state index in [-0.39, 0.29) is 17.0 Å². The number of hydrogen-bond acceptors (Lipinski definition) is 3. The summed E-state index contributed by atoms with van der Waals surface area (Å²) >= 11 is 5.82. The van der Waals surface area contributed by atoms with Gasteiger partial charge < -0.3 is 5.11 Å². The van der Waals surface area contributed by atoms with Crippen LogP contribution in [0.15, 0.2) is 53.4 Å². The lowest BCUT2D eigenvalue weighted by atomic mass is 10.2. The van der Waals surface area contributed by atoms with E-state index in [1.54, 1.807) is 24.3 Å². The van der Waals surface area contributed by atoms with Gasteiger partial charge in [-0.05, 0) is 35.9 Å². The zero-order valence-corrected chi connectivity index (χ0v) is 12.4. The van der Waals surface area contributed by atoms with Crippen molar-refractivity contribution >= 4 is 27.6 Å². The van der Waals surface area contributed by atoms with Crippen LogP contribution in [-0.4, -0.2) is 19.5 Å². The Morgan fingerprint density at radius 1 is 1.14 bits per heavy atom. The molecule has 0 heterocycles. The van der Waals surface area contributed by atoms with Crippen molar-refractivity contribution in [3.05, 3.63) is 64.7 Å². The highest BCUT2D eigenvalue weighted by Gasteiger charge is 2.15. The summed E-state index contributed by atoms with van der Waals surface area (Å²) < 4.78 is 26.7. The second kappa shape index (κ2) is 6.26. The van der Waals surface area contributed by atoms with Crippen molar-refractivity contribution in [3.63, 3.8) is 0 Å². The van der Waals surface area contributed by atoms with E-state index in [4.69, 9.17) is 16.7 Å². The third kappa shape index (κ3) is 4.04. The van der Waals surface area contributed by atoms with Crippen LogP contribution in [0.25, 0.3) is 0 Å². The molecule has 5 nitrogen and oxygen atoms in total. The largest absolute Gasteiger partial charge is 0.478 e. The fourth-order valence-electron chi connectivity index (χ4n) is 1.70. The van der Waals surface area contributed by atoms with Gasteiger partial charge in [-0.2, -0.15) is 0 Å². The van der Waals surface area contributed by atoms with Crippen LogP contribution in [0.5, 0.6) is 0 Å². The highest BCUT2D eigenvalue weighted by Crippen LogP contribution is 2.14. The van der Waals surface area contributed by atoms with Gasteiger partial charge in [0.2, 0.25) is 10.0 Å². The zero-order chi connectivity index (χ0) is 15.5. The van der Waals surface area contributed by atoms with E-state index in [1.807, 2.05) is 0 Å². The molecule has 0 aliphatic carbocycles. The van der Waals surface area contributed by atoms with E-state index in [1.165, 1.54) is 18.2 Å². The van der Waals surface area contributed by atoms with Gasteiger partial charge in [-0.3, -0.25) is 0 Å². The molecule has 0 bridgehead atoms. The number of carbonyl (C=O) groups is 1. The van der Waals surface area contributed by atoms with Gasteiger partial charge in [-0.1, -0.05) is 29.8 Å². The van der Waals surface area contributed by atoms with Gasteiger partial charge in [0.25, 0.3) is 0 Å². The molecule has 2 aromatic carbocycles. The summed E-state index contributed by atoms with van der Waals surface area (Å²) in [5, 5.41) is 9.40. The molecule has 0 atom stereocenters. The topological polar surface area (TPSA) is 83.5 Å². The molecule has 0 aliphatic heterocycles. The van der Waals surface area contributed by atoms with Gasteiger partial charge >= 0.3 is 5.97 Å². The molecule has 0 fully saturated rings. The SMILES string of the molecule is O=C(O)c1cccc(S(=O)(=O)NCc2cccc(Cl)c2)c1. The maximum Gasteiger partial charge on any atom is 0.335 e. The Kier molecular flexibility index (Phi) is 4.62. The molecule has 0 aromatic heterocycles. The van der Waals surface area contributed by atoms with E-state index in [0.717, 1.165) is 6.07 Å². The summed E-state index contributed by atoms with van der Waals surface area (Å²) in [6.07, 6.45) is 0. The number of hydrogen-bond donors (Lipinski definition) is 2. The van der Waals surface area contributed by atoms with Gasteiger partial charge in [0.1, 0.15) is 0 Å². The fourth-order valence-corrected chi connectivity index (χ4v) is 2.98. The lowest BCUT2D eigenvalue weighted by molar-refractivity contribution is 0.0696. The van der Waals surface area contributed by atoms with E-state index in [9.17, 15) is 13.2 Å². The molecule has 7 heteroatoms. The first-order chi connectivity index (χ1) is 9.88. The molecule has 0 saturated heterocycles. The minimum absolute atomic E-state index is 0.0696. The molecular formula is C14H12ClNO4S. The highest BCUT2D eigenvalue weighted by molar-refractivity contribution is 7.89. The van der Waals surface area contributed by atoms with E-state index in [0.29, 0.717) is 10.6 Å². The molecule has 0 saturated carbocycles. The van der Waals surface area contributed by atoms with Gasteiger partial charge in [0.05, 0.1) is 10.5 Å². The normalized spacial score (nSPS) is 11.3. The van der Waals surface area contributed by atoms with Crippen LogP contribution in [0, 0.1) is 0 Å². The first-order valence-corrected chi connectivity index (χ1v) is 7.82. The second-order valence-electron chi connectivity index (χ2n) is 4.29. The van der Waals surface area contributed by atoms with Crippen molar-refractivity contribution < 1.29 is 18.3 Å². The van der Waals surface area contributed by atoms with Crippen LogP contribution in [0.3, 0.4) is 0 Å². The molecule has 0 amide bonds. The zero-order valence-electron chi connectivity index (χ0n) is 10.8. The first kappa shape index (κ1) is 15.5. The molecule has 21 heavy (non-hydrogen) atoms. The average Bonchev–Trinajstić information content (AvgIpc) is 2.45. The van der Waals surface area contributed by atoms with E-state index < -0.39 is 16.0 Å². The Labute approximate surface area is 127 Å². The van der Waals surface area contributed by atoms with Crippen molar-refractivity contribution in [2.24, 2.45) is 0 Å². The molecule has 110 valence electrons. The number of nitrogens with one attached hydrogen (secondary N) is 1. The van der Waals surface area contributed by atoms with Crippen LogP contribution in [0.4, 0.5) is 0 Å². The van der Waals surface area contributed by atoms with Crippen LogP contribution >= 0.6 is 11.6 Å². The number of aromatic carboxylic acids is 1. The molecule has 0 aliphatic rings. The summed E-state index contributed by atoms with van der Waals surface area (Å²) in [6, 6.07) is 12.0. The molecule has 0 radical (unpaired) electrons. The minimum atomic E-state index is -3.78. The van der Waals surface area contributed by atoms with Crippen LogP contribution in [0.2, 0.25) is 5.02 Å². The summed E-state index contributed by atoms with van der Waals surface area (Å²) in [5.74, 6) is -1.18. The van der Waals surface area contributed by atoms with E-state index >= 15 is 0 Å². The Hall–Kier alpha value is -1.89. The van der Waals surface area contributed by atoms with Crippen molar-refractivity contribution in [2.75, 3.05) is 0 Å². The third-order valence-corrected chi connectivity index (χ3v) is 4.38. The number of carboxylic acid groups (broad SMARTS) is 1. The summed E-state index contributed by atoms with van der Waals surface area (Å²) in [6.45, 7) is 0.0696. The van der Waals surface area contributed by atoms with Crippen molar-refractivity contribution in [1.29, 1.82) is 0 Å². The predicted octanol–water partition coefficient (Wildman–Crippen LogP) is 2.52. The second-order valence-corrected chi connectivity index (χ2v) is 6.49. The average molecular weight is 326 g/mol. The van der Waals surface area contributed by atoms with Crippen molar-refractivity contribution in [1.82, 2.24) is 4.72 Å². The molecule has 0 unspecified atom stereocenters. The monoisotopic (exact) mass is 325 g/mol. The lowest BCUT2D eigenvalue weighted by Gasteiger charge is -2.08. The standard InChI is InChI=1S/C14H12ClNO4S/c15-12-5-1-3-10(7-12)9-16-21(19,20)13-6-2-4-11(8-13)14(17)18/h1-8,16H,9H2,(H,17,18). The first-order valence-electron chi connectivity index (χ1n) is 5.96. The summed E-state index contributed by atoms with van der Waals surface area (Å²) in [5.41, 5.74) is 0.626. The van der Waals surface area contributed by atoms with Gasteiger partial charge in [0, 0.05) is 11.6 Å². The summed E-state index contributed by atoms with van der Waals surface area (Å²) in [4.78, 5) is 10.8. The Bertz CT molecular complexity index is 774. The third-order valence-electron chi connectivity index (χ3n) is 2.75. The number of halogens is 1. The fraction of sp³-hybridized carbons (Fsp3) is 0.0714. The minimum Gasteiger partial charge on any atom is -0.478 e. The molecular weight excluding hydrogens is 314 g/mol.